The maximum atomic E-state index is 13.4. The van der Waals surface area contributed by atoms with E-state index >= 15 is 0 Å². The van der Waals surface area contributed by atoms with E-state index in [0.29, 0.717) is 5.92 Å². The highest BCUT2D eigenvalue weighted by Crippen LogP contribution is 2.48. The lowest BCUT2D eigenvalue weighted by Gasteiger charge is -2.42. The summed E-state index contributed by atoms with van der Waals surface area (Å²) in [5.74, 6) is 3.40. The summed E-state index contributed by atoms with van der Waals surface area (Å²) in [6, 6.07) is 7.32. The summed E-state index contributed by atoms with van der Waals surface area (Å²) in [7, 11) is 0. The lowest BCUT2D eigenvalue weighted by Crippen LogP contribution is -2.30. The maximum Gasteiger partial charge on any atom is 0.123 e. The van der Waals surface area contributed by atoms with Gasteiger partial charge >= 0.3 is 0 Å². The van der Waals surface area contributed by atoms with Crippen LogP contribution in [0.25, 0.3) is 0 Å². The number of unbranched alkanes of at least 4 members (excludes halogenated alkanes) is 1. The third kappa shape index (κ3) is 3.67. The Morgan fingerprint density at radius 2 is 1.86 bits per heavy atom. The van der Waals surface area contributed by atoms with Crippen molar-refractivity contribution in [3.63, 3.8) is 0 Å². The number of hydrogen-bond acceptors (Lipinski definition) is 0. The van der Waals surface area contributed by atoms with Crippen LogP contribution in [0.15, 0.2) is 24.3 Å². The molecule has 1 unspecified atom stereocenters. The van der Waals surface area contributed by atoms with Crippen LogP contribution in [0.4, 0.5) is 4.39 Å². The highest BCUT2D eigenvalue weighted by atomic mass is 19.1. The molecule has 0 amide bonds. The molecule has 1 heteroatoms. The number of halogens is 1. The van der Waals surface area contributed by atoms with Gasteiger partial charge in [-0.05, 0) is 73.5 Å². The molecular formula is C20H29F. The number of rotatable bonds is 4. The Hall–Kier alpha value is -0.850. The minimum atomic E-state index is -0.0714. The van der Waals surface area contributed by atoms with Crippen LogP contribution in [0, 0.1) is 23.6 Å². The van der Waals surface area contributed by atoms with E-state index in [4.69, 9.17) is 0 Å². The third-order valence-electron chi connectivity index (χ3n) is 6.01. The van der Waals surface area contributed by atoms with E-state index in [-0.39, 0.29) is 5.82 Å². The molecule has 0 N–H and O–H groups in total. The summed E-state index contributed by atoms with van der Waals surface area (Å²) in [6.45, 7) is 2.30. The van der Waals surface area contributed by atoms with Gasteiger partial charge in [0.25, 0.3) is 0 Å². The fourth-order valence-corrected chi connectivity index (χ4v) is 4.80. The molecule has 21 heavy (non-hydrogen) atoms. The van der Waals surface area contributed by atoms with Gasteiger partial charge in [0, 0.05) is 0 Å². The Labute approximate surface area is 129 Å². The van der Waals surface area contributed by atoms with E-state index in [0.717, 1.165) is 17.8 Å². The molecule has 2 saturated carbocycles. The molecule has 2 aliphatic carbocycles. The lowest BCUT2D eigenvalue weighted by atomic mass is 9.63. The Morgan fingerprint density at radius 1 is 1.05 bits per heavy atom. The highest BCUT2D eigenvalue weighted by Gasteiger charge is 2.35. The first kappa shape index (κ1) is 15.1. The molecule has 1 aromatic rings. The van der Waals surface area contributed by atoms with E-state index in [1.54, 1.807) is 12.1 Å². The molecule has 0 nitrogen and oxygen atoms in total. The second-order valence-corrected chi connectivity index (χ2v) is 7.41. The van der Waals surface area contributed by atoms with Crippen LogP contribution in [-0.4, -0.2) is 0 Å². The van der Waals surface area contributed by atoms with Crippen LogP contribution in [-0.2, 0) is 0 Å². The lowest BCUT2D eigenvalue weighted by molar-refractivity contribution is 0.113. The number of hydrogen-bond donors (Lipinski definition) is 0. The SMILES string of the molecule is CCCCC1CC[C@@H]2C[C@H](c3cccc(F)c3)CC[C@@H]2C1. The van der Waals surface area contributed by atoms with Crippen LogP contribution in [0.3, 0.4) is 0 Å². The van der Waals surface area contributed by atoms with Gasteiger partial charge in [0.1, 0.15) is 5.82 Å². The van der Waals surface area contributed by atoms with Crippen molar-refractivity contribution < 1.29 is 4.39 Å². The van der Waals surface area contributed by atoms with Gasteiger partial charge in [-0.1, -0.05) is 44.7 Å². The Balaban J connectivity index is 1.58. The molecule has 0 aliphatic heterocycles. The normalized spacial score (nSPS) is 32.7. The first-order chi connectivity index (χ1) is 10.3. The number of fused-ring (bicyclic) bond motifs is 1. The average Bonchev–Trinajstić information content (AvgIpc) is 2.52. The van der Waals surface area contributed by atoms with E-state index in [2.05, 4.69) is 13.0 Å². The minimum absolute atomic E-state index is 0.0714. The maximum absolute atomic E-state index is 13.4. The summed E-state index contributed by atoms with van der Waals surface area (Å²) in [6.07, 6.45) is 12.5. The molecule has 0 heterocycles. The van der Waals surface area contributed by atoms with Gasteiger partial charge in [0.2, 0.25) is 0 Å². The molecule has 0 radical (unpaired) electrons. The second kappa shape index (κ2) is 6.94. The average molecular weight is 288 g/mol. The van der Waals surface area contributed by atoms with E-state index in [9.17, 15) is 4.39 Å². The van der Waals surface area contributed by atoms with Crippen molar-refractivity contribution >= 4 is 0 Å². The second-order valence-electron chi connectivity index (χ2n) is 7.41. The van der Waals surface area contributed by atoms with Crippen LogP contribution in [0.2, 0.25) is 0 Å². The molecular weight excluding hydrogens is 259 g/mol. The van der Waals surface area contributed by atoms with Gasteiger partial charge in [-0.25, -0.2) is 4.39 Å². The van der Waals surface area contributed by atoms with Crippen LogP contribution >= 0.6 is 0 Å². The van der Waals surface area contributed by atoms with Crippen molar-refractivity contribution in [1.82, 2.24) is 0 Å². The van der Waals surface area contributed by atoms with E-state index < -0.39 is 0 Å². The van der Waals surface area contributed by atoms with Gasteiger partial charge in [-0.3, -0.25) is 0 Å². The summed E-state index contributed by atoms with van der Waals surface area (Å²) < 4.78 is 13.4. The van der Waals surface area contributed by atoms with Gasteiger partial charge in [-0.2, -0.15) is 0 Å². The Bertz CT molecular complexity index is 453. The topological polar surface area (TPSA) is 0 Å². The monoisotopic (exact) mass is 288 g/mol. The standard InChI is InChI=1S/C20H29F/c1-2-3-5-15-8-9-18-13-19(11-10-17(18)12-15)16-6-4-7-20(21)14-16/h4,6-7,14-15,17-19H,2-3,5,8-13H2,1H3/t15?,17-,18-,19-/m1/s1. The molecule has 116 valence electrons. The largest absolute Gasteiger partial charge is 0.207 e. The first-order valence-electron chi connectivity index (χ1n) is 9.01. The van der Waals surface area contributed by atoms with E-state index in [1.807, 2.05) is 6.07 Å². The molecule has 0 bridgehead atoms. The molecule has 4 atom stereocenters. The zero-order valence-electron chi connectivity index (χ0n) is 13.4. The van der Waals surface area contributed by atoms with Crippen LogP contribution in [0.1, 0.15) is 76.2 Å². The Kier molecular flexibility index (Phi) is 4.98. The van der Waals surface area contributed by atoms with Gasteiger partial charge in [0.05, 0.1) is 0 Å². The molecule has 2 aliphatic rings. The molecule has 3 rings (SSSR count). The van der Waals surface area contributed by atoms with Crippen molar-refractivity contribution in [3.05, 3.63) is 35.6 Å². The number of benzene rings is 1. The quantitative estimate of drug-likeness (QED) is 0.608. The van der Waals surface area contributed by atoms with Crippen LogP contribution in [0.5, 0.6) is 0 Å². The fraction of sp³-hybridized carbons (Fsp3) is 0.700. The van der Waals surface area contributed by atoms with Gasteiger partial charge < -0.3 is 0 Å². The predicted molar refractivity (Wildman–Crippen MR) is 86.8 cm³/mol. The minimum Gasteiger partial charge on any atom is -0.207 e. The fourth-order valence-electron chi connectivity index (χ4n) is 4.80. The van der Waals surface area contributed by atoms with Crippen molar-refractivity contribution in [1.29, 1.82) is 0 Å². The third-order valence-corrected chi connectivity index (χ3v) is 6.01. The van der Waals surface area contributed by atoms with E-state index in [1.165, 1.54) is 63.4 Å². The van der Waals surface area contributed by atoms with Crippen molar-refractivity contribution in [2.45, 2.75) is 70.6 Å². The Morgan fingerprint density at radius 3 is 2.67 bits per heavy atom. The predicted octanol–water partition coefficient (Wildman–Crippen LogP) is 6.32. The molecule has 0 saturated heterocycles. The smallest absolute Gasteiger partial charge is 0.123 e. The first-order valence-corrected chi connectivity index (χ1v) is 9.01. The molecule has 1 aromatic carbocycles. The van der Waals surface area contributed by atoms with Crippen molar-refractivity contribution in [2.24, 2.45) is 17.8 Å². The van der Waals surface area contributed by atoms with Gasteiger partial charge in [-0.15, -0.1) is 0 Å². The van der Waals surface area contributed by atoms with Gasteiger partial charge in [0.15, 0.2) is 0 Å². The van der Waals surface area contributed by atoms with Crippen molar-refractivity contribution in [3.8, 4) is 0 Å². The summed E-state index contributed by atoms with van der Waals surface area (Å²) in [5, 5.41) is 0. The summed E-state index contributed by atoms with van der Waals surface area (Å²) in [4.78, 5) is 0. The zero-order valence-corrected chi connectivity index (χ0v) is 13.4. The molecule has 0 spiro atoms. The molecule has 0 aromatic heterocycles. The zero-order chi connectivity index (χ0) is 14.7. The highest BCUT2D eigenvalue weighted by molar-refractivity contribution is 5.21. The molecule has 2 fully saturated rings. The van der Waals surface area contributed by atoms with Crippen molar-refractivity contribution in [2.75, 3.05) is 0 Å². The summed E-state index contributed by atoms with van der Waals surface area (Å²) >= 11 is 0. The summed E-state index contributed by atoms with van der Waals surface area (Å²) in [5.41, 5.74) is 1.24. The van der Waals surface area contributed by atoms with Crippen LogP contribution < -0.4 is 0 Å².